The van der Waals surface area contributed by atoms with Crippen LogP contribution in [-0.4, -0.2) is 29.1 Å². The highest BCUT2D eigenvalue weighted by molar-refractivity contribution is 6.30. The molecule has 0 aromatic heterocycles. The van der Waals surface area contributed by atoms with Crippen molar-refractivity contribution >= 4 is 17.6 Å². The van der Waals surface area contributed by atoms with Gasteiger partial charge in [-0.3, -0.25) is 9.69 Å². The molecule has 2 rings (SSSR count). The van der Waals surface area contributed by atoms with Crippen LogP contribution in [0.3, 0.4) is 0 Å². The van der Waals surface area contributed by atoms with Crippen LogP contribution in [0, 0.1) is 5.41 Å². The number of hydrogen-bond acceptors (Lipinski definition) is 2. The summed E-state index contributed by atoms with van der Waals surface area (Å²) in [7, 11) is 0. The molecule has 3 nitrogen and oxygen atoms in total. The van der Waals surface area contributed by atoms with Gasteiger partial charge in [0.05, 0.1) is 5.41 Å². The summed E-state index contributed by atoms with van der Waals surface area (Å²) in [6, 6.07) is 8.02. The van der Waals surface area contributed by atoms with E-state index >= 15 is 0 Å². The highest BCUT2D eigenvalue weighted by atomic mass is 35.5. The number of rotatable bonds is 4. The van der Waals surface area contributed by atoms with Gasteiger partial charge in [-0.25, -0.2) is 0 Å². The molecule has 1 aromatic rings. The zero-order chi connectivity index (χ0) is 14.0. The Bertz CT molecular complexity index is 460. The van der Waals surface area contributed by atoms with Gasteiger partial charge in [-0.15, -0.1) is 0 Å². The molecule has 4 heteroatoms. The third kappa shape index (κ3) is 2.77. The minimum atomic E-state index is -0.666. The molecule has 1 saturated heterocycles. The Hall–Kier alpha value is -1.06. The number of carbonyl (C=O) groups is 1. The van der Waals surface area contributed by atoms with E-state index in [-0.39, 0.29) is 6.04 Å². The summed E-state index contributed by atoms with van der Waals surface area (Å²) >= 11 is 5.89. The summed E-state index contributed by atoms with van der Waals surface area (Å²) in [5.41, 5.74) is 0.613. The van der Waals surface area contributed by atoms with Crippen molar-refractivity contribution in [2.24, 2.45) is 5.41 Å². The molecule has 1 aromatic carbocycles. The van der Waals surface area contributed by atoms with Crippen LogP contribution < -0.4 is 0 Å². The Balaban J connectivity index is 2.12. The Morgan fingerprint density at radius 3 is 2.58 bits per heavy atom. The van der Waals surface area contributed by atoms with Crippen molar-refractivity contribution < 1.29 is 9.90 Å². The standard InChI is InChI=1S/C15H20ClNO2/c1-3-15(14(18)19)8-9-17(10-15)11(2)12-4-6-13(16)7-5-12/h4-7,11H,3,8-10H2,1-2H3,(H,18,19). The van der Waals surface area contributed by atoms with E-state index in [1.807, 2.05) is 31.2 Å². The molecule has 2 atom stereocenters. The predicted octanol–water partition coefficient (Wildman–Crippen LogP) is 3.59. The maximum Gasteiger partial charge on any atom is 0.310 e. The summed E-state index contributed by atoms with van der Waals surface area (Å²) in [5.74, 6) is -0.666. The number of likely N-dealkylation sites (tertiary alicyclic amines) is 1. The smallest absolute Gasteiger partial charge is 0.310 e. The van der Waals surface area contributed by atoms with E-state index in [1.54, 1.807) is 0 Å². The van der Waals surface area contributed by atoms with Crippen LogP contribution >= 0.6 is 11.6 Å². The molecule has 0 spiro atoms. The highest BCUT2D eigenvalue weighted by Crippen LogP contribution is 2.38. The second-order valence-corrected chi connectivity index (χ2v) is 5.82. The van der Waals surface area contributed by atoms with Gasteiger partial charge in [-0.05, 0) is 44.0 Å². The van der Waals surface area contributed by atoms with Gasteiger partial charge in [0, 0.05) is 17.6 Å². The fourth-order valence-corrected chi connectivity index (χ4v) is 2.93. The molecule has 19 heavy (non-hydrogen) atoms. The van der Waals surface area contributed by atoms with Crippen molar-refractivity contribution in [2.75, 3.05) is 13.1 Å². The Labute approximate surface area is 119 Å². The van der Waals surface area contributed by atoms with E-state index in [4.69, 9.17) is 11.6 Å². The number of carboxylic acid groups (broad SMARTS) is 1. The van der Waals surface area contributed by atoms with Crippen molar-refractivity contribution in [3.05, 3.63) is 34.9 Å². The predicted molar refractivity (Wildman–Crippen MR) is 76.4 cm³/mol. The second kappa shape index (κ2) is 5.51. The Morgan fingerprint density at radius 2 is 2.11 bits per heavy atom. The second-order valence-electron chi connectivity index (χ2n) is 5.39. The molecule has 1 aliphatic heterocycles. The van der Waals surface area contributed by atoms with Gasteiger partial charge in [0.2, 0.25) is 0 Å². The van der Waals surface area contributed by atoms with Crippen molar-refractivity contribution in [3.63, 3.8) is 0 Å². The first-order valence-electron chi connectivity index (χ1n) is 6.71. The molecule has 104 valence electrons. The average Bonchev–Trinajstić information content (AvgIpc) is 2.84. The molecule has 1 heterocycles. The SMILES string of the molecule is CCC1(C(=O)O)CCN(C(C)c2ccc(Cl)cc2)C1. The number of aliphatic carboxylic acids is 1. The third-order valence-electron chi connectivity index (χ3n) is 4.41. The van der Waals surface area contributed by atoms with Crippen molar-refractivity contribution in [3.8, 4) is 0 Å². The summed E-state index contributed by atoms with van der Waals surface area (Å²) in [6.45, 7) is 5.55. The number of benzene rings is 1. The van der Waals surface area contributed by atoms with Crippen LogP contribution in [-0.2, 0) is 4.79 Å². The molecular weight excluding hydrogens is 262 g/mol. The lowest BCUT2D eigenvalue weighted by Gasteiger charge is -2.27. The minimum Gasteiger partial charge on any atom is -0.481 e. The number of halogens is 1. The van der Waals surface area contributed by atoms with Gasteiger partial charge >= 0.3 is 5.97 Å². The van der Waals surface area contributed by atoms with E-state index in [9.17, 15) is 9.90 Å². The minimum absolute atomic E-state index is 0.227. The van der Waals surface area contributed by atoms with E-state index in [2.05, 4.69) is 11.8 Å². The summed E-state index contributed by atoms with van der Waals surface area (Å²) < 4.78 is 0. The maximum atomic E-state index is 11.5. The van der Waals surface area contributed by atoms with E-state index in [0.717, 1.165) is 18.0 Å². The van der Waals surface area contributed by atoms with Crippen LogP contribution in [0.2, 0.25) is 5.02 Å². The van der Waals surface area contributed by atoms with Gasteiger partial charge in [0.15, 0.2) is 0 Å². The molecule has 0 radical (unpaired) electrons. The van der Waals surface area contributed by atoms with Gasteiger partial charge in [0.25, 0.3) is 0 Å². The normalized spacial score (nSPS) is 25.4. The van der Waals surface area contributed by atoms with E-state index in [0.29, 0.717) is 13.0 Å². The first-order valence-corrected chi connectivity index (χ1v) is 7.09. The fraction of sp³-hybridized carbons (Fsp3) is 0.533. The number of hydrogen-bond donors (Lipinski definition) is 1. The fourth-order valence-electron chi connectivity index (χ4n) is 2.80. The molecule has 0 amide bonds. The number of carboxylic acids is 1. The number of nitrogens with zero attached hydrogens (tertiary/aromatic N) is 1. The lowest BCUT2D eigenvalue weighted by molar-refractivity contribution is -0.148. The van der Waals surface area contributed by atoms with Crippen molar-refractivity contribution in [1.29, 1.82) is 0 Å². The zero-order valence-corrected chi connectivity index (χ0v) is 12.2. The van der Waals surface area contributed by atoms with Gasteiger partial charge < -0.3 is 5.11 Å². The quantitative estimate of drug-likeness (QED) is 0.917. The molecule has 0 bridgehead atoms. The molecular formula is C15H20ClNO2. The molecule has 2 unspecified atom stereocenters. The lowest BCUT2D eigenvalue weighted by Crippen LogP contribution is -2.34. The topological polar surface area (TPSA) is 40.5 Å². The first-order chi connectivity index (χ1) is 8.98. The van der Waals surface area contributed by atoms with Crippen LogP contribution in [0.1, 0.15) is 38.3 Å². The third-order valence-corrected chi connectivity index (χ3v) is 4.67. The van der Waals surface area contributed by atoms with Crippen LogP contribution in [0.15, 0.2) is 24.3 Å². The van der Waals surface area contributed by atoms with Crippen LogP contribution in [0.25, 0.3) is 0 Å². The summed E-state index contributed by atoms with van der Waals surface area (Å²) in [4.78, 5) is 13.7. The molecule has 1 N–H and O–H groups in total. The first kappa shape index (κ1) is 14.4. The van der Waals surface area contributed by atoms with Crippen LogP contribution in [0.4, 0.5) is 0 Å². The lowest BCUT2D eigenvalue weighted by atomic mass is 9.84. The Kier molecular flexibility index (Phi) is 4.16. The van der Waals surface area contributed by atoms with Gasteiger partial charge in [-0.2, -0.15) is 0 Å². The van der Waals surface area contributed by atoms with Crippen molar-refractivity contribution in [1.82, 2.24) is 4.90 Å². The summed E-state index contributed by atoms with van der Waals surface area (Å²) in [5, 5.41) is 10.2. The highest BCUT2D eigenvalue weighted by Gasteiger charge is 2.44. The zero-order valence-electron chi connectivity index (χ0n) is 11.4. The average molecular weight is 282 g/mol. The largest absolute Gasteiger partial charge is 0.481 e. The molecule has 0 saturated carbocycles. The van der Waals surface area contributed by atoms with E-state index in [1.165, 1.54) is 5.56 Å². The van der Waals surface area contributed by atoms with E-state index < -0.39 is 11.4 Å². The molecule has 0 aliphatic carbocycles. The maximum absolute atomic E-state index is 11.5. The van der Waals surface area contributed by atoms with Gasteiger partial charge in [0.1, 0.15) is 0 Å². The Morgan fingerprint density at radius 1 is 1.47 bits per heavy atom. The van der Waals surface area contributed by atoms with Crippen molar-refractivity contribution in [2.45, 2.75) is 32.7 Å². The summed E-state index contributed by atoms with van der Waals surface area (Å²) in [6.07, 6.45) is 1.42. The monoisotopic (exact) mass is 281 g/mol. The molecule has 1 aliphatic rings. The van der Waals surface area contributed by atoms with Crippen LogP contribution in [0.5, 0.6) is 0 Å². The molecule has 1 fully saturated rings. The van der Waals surface area contributed by atoms with Gasteiger partial charge in [-0.1, -0.05) is 30.7 Å².